The quantitative estimate of drug-likeness (QED) is 0.744. The Morgan fingerprint density at radius 2 is 1.79 bits per heavy atom. The number of rotatable bonds is 7. The predicted molar refractivity (Wildman–Crippen MR) is 77.7 cm³/mol. The maximum Gasteiger partial charge on any atom is 0.314 e. The molecule has 4 heteroatoms. The van der Waals surface area contributed by atoms with Gasteiger partial charge in [-0.05, 0) is 31.4 Å². The smallest absolute Gasteiger partial charge is 0.314 e. The van der Waals surface area contributed by atoms with Gasteiger partial charge in [-0.15, -0.1) is 0 Å². The van der Waals surface area contributed by atoms with E-state index in [0.29, 0.717) is 13.2 Å². The summed E-state index contributed by atoms with van der Waals surface area (Å²) in [4.78, 5) is 11.4. The van der Waals surface area contributed by atoms with Gasteiger partial charge in [0.2, 0.25) is 0 Å². The molecule has 0 aliphatic rings. The van der Waals surface area contributed by atoms with Gasteiger partial charge in [-0.25, -0.2) is 4.79 Å². The fraction of sp³-hybridized carbons (Fsp3) is 0.533. The van der Waals surface area contributed by atoms with Crippen LogP contribution in [-0.4, -0.2) is 25.7 Å². The Bertz CT molecular complexity index is 385. The van der Waals surface area contributed by atoms with Crippen molar-refractivity contribution in [2.24, 2.45) is 0 Å². The maximum atomic E-state index is 11.4. The maximum absolute atomic E-state index is 11.4. The first kappa shape index (κ1) is 15.3. The van der Waals surface area contributed by atoms with Crippen molar-refractivity contribution >= 4 is 6.03 Å². The summed E-state index contributed by atoms with van der Waals surface area (Å²) < 4.78 is 5.70. The molecule has 0 aliphatic heterocycles. The molecule has 0 saturated heterocycles. The van der Waals surface area contributed by atoms with Gasteiger partial charge in [0.15, 0.2) is 0 Å². The van der Waals surface area contributed by atoms with Crippen LogP contribution in [0.5, 0.6) is 5.75 Å². The molecule has 0 heterocycles. The molecule has 106 valence electrons. The third-order valence-corrected chi connectivity index (χ3v) is 2.86. The van der Waals surface area contributed by atoms with Gasteiger partial charge in [0, 0.05) is 6.54 Å². The van der Waals surface area contributed by atoms with Gasteiger partial charge in [0.25, 0.3) is 0 Å². The molecule has 0 fully saturated rings. The van der Waals surface area contributed by atoms with Crippen LogP contribution >= 0.6 is 0 Å². The second-order valence-electron chi connectivity index (χ2n) is 4.61. The average Bonchev–Trinajstić information content (AvgIpc) is 2.37. The molecule has 4 nitrogen and oxygen atoms in total. The minimum absolute atomic E-state index is 0.126. The lowest BCUT2D eigenvalue weighted by Gasteiger charge is -2.12. The second-order valence-corrected chi connectivity index (χ2v) is 4.61. The lowest BCUT2D eigenvalue weighted by molar-refractivity contribution is 0.236. The van der Waals surface area contributed by atoms with E-state index in [-0.39, 0.29) is 6.03 Å². The summed E-state index contributed by atoms with van der Waals surface area (Å²) >= 11 is 0. The second kappa shape index (κ2) is 8.40. The highest BCUT2D eigenvalue weighted by molar-refractivity contribution is 5.73. The molecule has 1 rings (SSSR count). The summed E-state index contributed by atoms with van der Waals surface area (Å²) in [6.45, 7) is 7.84. The number of amides is 2. The van der Waals surface area contributed by atoms with Gasteiger partial charge in [-0.1, -0.05) is 31.5 Å². The summed E-state index contributed by atoms with van der Waals surface area (Å²) in [6, 6.07) is 5.93. The zero-order valence-corrected chi connectivity index (χ0v) is 12.1. The fourth-order valence-electron chi connectivity index (χ4n) is 1.79. The molecule has 2 N–H and O–H groups in total. The largest absolute Gasteiger partial charge is 0.491 e. The van der Waals surface area contributed by atoms with Crippen LogP contribution in [0.15, 0.2) is 18.2 Å². The topological polar surface area (TPSA) is 50.4 Å². The number of ether oxygens (including phenoxy) is 1. The first-order valence-electron chi connectivity index (χ1n) is 6.86. The summed E-state index contributed by atoms with van der Waals surface area (Å²) in [5, 5.41) is 5.58. The van der Waals surface area contributed by atoms with Crippen LogP contribution in [-0.2, 0) is 0 Å². The molecule has 0 radical (unpaired) electrons. The number of benzene rings is 1. The van der Waals surface area contributed by atoms with Crippen molar-refractivity contribution in [3.63, 3.8) is 0 Å². The van der Waals surface area contributed by atoms with Crippen molar-refractivity contribution in [1.29, 1.82) is 0 Å². The fourth-order valence-corrected chi connectivity index (χ4v) is 1.79. The molecule has 0 aliphatic carbocycles. The van der Waals surface area contributed by atoms with E-state index in [0.717, 1.165) is 36.3 Å². The number of unbranched alkanes of at least 4 members (excludes halogenated alkanes) is 1. The van der Waals surface area contributed by atoms with Crippen molar-refractivity contribution in [3.8, 4) is 5.75 Å². The summed E-state index contributed by atoms with van der Waals surface area (Å²) in [5.74, 6) is 0.913. The Kier molecular flexibility index (Phi) is 6.79. The van der Waals surface area contributed by atoms with Crippen LogP contribution in [0.1, 0.15) is 30.9 Å². The number of para-hydroxylation sites is 1. The van der Waals surface area contributed by atoms with Crippen molar-refractivity contribution in [3.05, 3.63) is 29.3 Å². The van der Waals surface area contributed by atoms with Gasteiger partial charge >= 0.3 is 6.03 Å². The molecule has 1 aromatic rings. The molecule has 0 unspecified atom stereocenters. The minimum Gasteiger partial charge on any atom is -0.491 e. The molecule has 1 aromatic carbocycles. The highest BCUT2D eigenvalue weighted by atomic mass is 16.5. The lowest BCUT2D eigenvalue weighted by Crippen LogP contribution is -2.38. The average molecular weight is 264 g/mol. The number of hydrogen-bond acceptors (Lipinski definition) is 2. The number of carbonyl (C=O) groups excluding carboxylic acids is 1. The van der Waals surface area contributed by atoms with E-state index in [1.165, 1.54) is 0 Å². The lowest BCUT2D eigenvalue weighted by atomic mass is 10.1. The normalized spacial score (nSPS) is 10.1. The van der Waals surface area contributed by atoms with Gasteiger partial charge in [0.1, 0.15) is 12.4 Å². The number of carbonyl (C=O) groups is 1. The van der Waals surface area contributed by atoms with E-state index in [9.17, 15) is 4.79 Å². The SMILES string of the molecule is CCCCNC(=O)NCCOc1c(C)cccc1C. The van der Waals surface area contributed by atoms with Crippen molar-refractivity contribution in [1.82, 2.24) is 10.6 Å². The number of nitrogens with one attached hydrogen (secondary N) is 2. The number of hydrogen-bond donors (Lipinski definition) is 2. The van der Waals surface area contributed by atoms with E-state index in [1.807, 2.05) is 32.0 Å². The molecule has 0 bridgehead atoms. The monoisotopic (exact) mass is 264 g/mol. The van der Waals surface area contributed by atoms with Gasteiger partial charge in [0.05, 0.1) is 6.54 Å². The van der Waals surface area contributed by atoms with E-state index in [1.54, 1.807) is 0 Å². The van der Waals surface area contributed by atoms with Crippen molar-refractivity contribution in [2.45, 2.75) is 33.6 Å². The Morgan fingerprint density at radius 1 is 1.16 bits per heavy atom. The van der Waals surface area contributed by atoms with Crippen LogP contribution in [0.2, 0.25) is 0 Å². The first-order chi connectivity index (χ1) is 9.15. The van der Waals surface area contributed by atoms with E-state index in [2.05, 4.69) is 17.6 Å². The molecule has 0 spiro atoms. The molecule has 0 saturated carbocycles. The highest BCUT2D eigenvalue weighted by Gasteiger charge is 2.03. The Labute approximate surface area is 115 Å². The van der Waals surface area contributed by atoms with Crippen LogP contribution in [0.3, 0.4) is 0 Å². The molecule has 2 amide bonds. The summed E-state index contributed by atoms with van der Waals surface area (Å²) in [7, 11) is 0. The standard InChI is InChI=1S/C15H24N2O2/c1-4-5-9-16-15(18)17-10-11-19-14-12(2)7-6-8-13(14)3/h6-8H,4-5,9-11H2,1-3H3,(H2,16,17,18). The molecular weight excluding hydrogens is 240 g/mol. The van der Waals surface area contributed by atoms with Gasteiger partial charge < -0.3 is 15.4 Å². The first-order valence-corrected chi connectivity index (χ1v) is 6.86. The van der Waals surface area contributed by atoms with Crippen LogP contribution in [0, 0.1) is 13.8 Å². The Balaban J connectivity index is 2.22. The molecule has 0 aromatic heterocycles. The van der Waals surface area contributed by atoms with Gasteiger partial charge in [-0.3, -0.25) is 0 Å². The third kappa shape index (κ3) is 5.64. The molecule has 0 atom stereocenters. The summed E-state index contributed by atoms with van der Waals surface area (Å²) in [5.41, 5.74) is 2.24. The number of aryl methyl sites for hydroxylation is 2. The van der Waals surface area contributed by atoms with Crippen molar-refractivity contribution in [2.75, 3.05) is 19.7 Å². The van der Waals surface area contributed by atoms with E-state index < -0.39 is 0 Å². The zero-order chi connectivity index (χ0) is 14.1. The van der Waals surface area contributed by atoms with Crippen LogP contribution in [0.25, 0.3) is 0 Å². The Morgan fingerprint density at radius 3 is 2.42 bits per heavy atom. The van der Waals surface area contributed by atoms with E-state index in [4.69, 9.17) is 4.74 Å². The van der Waals surface area contributed by atoms with Crippen LogP contribution in [0.4, 0.5) is 4.79 Å². The molecular formula is C15H24N2O2. The van der Waals surface area contributed by atoms with Gasteiger partial charge in [-0.2, -0.15) is 0 Å². The number of urea groups is 1. The Hall–Kier alpha value is -1.71. The third-order valence-electron chi connectivity index (χ3n) is 2.86. The molecule has 19 heavy (non-hydrogen) atoms. The predicted octanol–water partition coefficient (Wildman–Crippen LogP) is 2.78. The van der Waals surface area contributed by atoms with Crippen molar-refractivity contribution < 1.29 is 9.53 Å². The highest BCUT2D eigenvalue weighted by Crippen LogP contribution is 2.21. The van der Waals surface area contributed by atoms with Crippen LogP contribution < -0.4 is 15.4 Å². The zero-order valence-electron chi connectivity index (χ0n) is 12.1. The minimum atomic E-state index is -0.126. The van der Waals surface area contributed by atoms with E-state index >= 15 is 0 Å². The summed E-state index contributed by atoms with van der Waals surface area (Å²) in [6.07, 6.45) is 2.09.